The largest absolute Gasteiger partial charge is 0.489 e. The van der Waals surface area contributed by atoms with Crippen molar-refractivity contribution in [3.63, 3.8) is 0 Å². The lowest BCUT2D eigenvalue weighted by molar-refractivity contribution is -0.139. The molecule has 2 aromatic rings. The summed E-state index contributed by atoms with van der Waals surface area (Å²) in [5, 5.41) is 9.47. The van der Waals surface area contributed by atoms with Crippen molar-refractivity contribution >= 4 is 5.97 Å². The zero-order valence-electron chi connectivity index (χ0n) is 18.5. The Hall–Kier alpha value is -2.29. The lowest BCUT2D eigenvalue weighted by Crippen LogP contribution is -2.33. The van der Waals surface area contributed by atoms with E-state index in [0.29, 0.717) is 6.61 Å². The van der Waals surface area contributed by atoms with Crippen LogP contribution in [0.2, 0.25) is 0 Å². The van der Waals surface area contributed by atoms with Crippen LogP contribution in [0.15, 0.2) is 36.4 Å². The first-order valence-corrected chi connectivity index (χ1v) is 11.3. The molecule has 2 aromatic carbocycles. The molecule has 3 aliphatic carbocycles. The van der Waals surface area contributed by atoms with Crippen LogP contribution in [0.1, 0.15) is 81.2 Å². The normalized spacial score (nSPS) is 27.4. The zero-order chi connectivity index (χ0) is 21.3. The smallest absolute Gasteiger partial charge is 0.307 e. The van der Waals surface area contributed by atoms with E-state index in [4.69, 9.17) is 4.74 Å². The molecule has 0 saturated heterocycles. The second-order valence-corrected chi connectivity index (χ2v) is 11.0. The molecule has 0 radical (unpaired) electrons. The summed E-state index contributed by atoms with van der Waals surface area (Å²) in [7, 11) is 0. The zero-order valence-corrected chi connectivity index (χ0v) is 18.5. The summed E-state index contributed by atoms with van der Waals surface area (Å²) in [4.78, 5) is 11.5. The number of aryl methyl sites for hydroxylation is 1. The minimum absolute atomic E-state index is 0.137. The Morgan fingerprint density at radius 1 is 0.967 bits per heavy atom. The van der Waals surface area contributed by atoms with Crippen molar-refractivity contribution < 1.29 is 14.6 Å². The lowest BCUT2D eigenvalue weighted by atomic mass is 9.63. The van der Waals surface area contributed by atoms with Gasteiger partial charge in [-0.1, -0.05) is 52.0 Å². The van der Waals surface area contributed by atoms with Gasteiger partial charge >= 0.3 is 5.97 Å². The summed E-state index contributed by atoms with van der Waals surface area (Å²) < 4.78 is 6.20. The highest BCUT2D eigenvalue weighted by molar-refractivity contribution is 5.78. The number of fused-ring (bicyclic) bond motifs is 3. The minimum Gasteiger partial charge on any atom is -0.489 e. The average molecular weight is 405 g/mol. The molecule has 5 rings (SSSR count). The molecule has 3 aliphatic rings. The molecule has 1 N–H and O–H groups in total. The SMILES string of the molecule is CC1(C)CCC(C)(C)c2cc(COc3ccc4c(c3)C3(CC4)CC3C(=O)O)ccc21. The van der Waals surface area contributed by atoms with E-state index in [0.717, 1.165) is 25.0 Å². The number of carboxylic acid groups (broad SMARTS) is 1. The fourth-order valence-electron chi connectivity index (χ4n) is 5.91. The number of hydrogen-bond donors (Lipinski definition) is 1. The van der Waals surface area contributed by atoms with E-state index in [-0.39, 0.29) is 22.2 Å². The van der Waals surface area contributed by atoms with Crippen molar-refractivity contribution in [1.82, 2.24) is 0 Å². The molecule has 0 bridgehead atoms. The van der Waals surface area contributed by atoms with Gasteiger partial charge in [-0.05, 0) is 82.9 Å². The number of carbonyl (C=O) groups is 1. The number of ether oxygens (including phenoxy) is 1. The molecular formula is C27H32O3. The Morgan fingerprint density at radius 2 is 1.70 bits per heavy atom. The van der Waals surface area contributed by atoms with Crippen molar-refractivity contribution in [2.45, 2.75) is 82.7 Å². The highest BCUT2D eigenvalue weighted by atomic mass is 16.5. The van der Waals surface area contributed by atoms with E-state index in [1.54, 1.807) is 0 Å². The first kappa shape index (κ1) is 19.7. The Labute approximate surface area is 179 Å². The average Bonchev–Trinajstić information content (AvgIpc) is 3.34. The summed E-state index contributed by atoms with van der Waals surface area (Å²) in [6.45, 7) is 9.93. The van der Waals surface area contributed by atoms with Crippen LogP contribution in [0.3, 0.4) is 0 Å². The van der Waals surface area contributed by atoms with Crippen LogP contribution in [0, 0.1) is 5.92 Å². The number of rotatable bonds is 4. The fraction of sp³-hybridized carbons (Fsp3) is 0.519. The van der Waals surface area contributed by atoms with Crippen LogP contribution in [0.5, 0.6) is 5.75 Å². The van der Waals surface area contributed by atoms with E-state index >= 15 is 0 Å². The highest BCUT2D eigenvalue weighted by Gasteiger charge is 2.61. The maximum atomic E-state index is 11.5. The van der Waals surface area contributed by atoms with Gasteiger partial charge < -0.3 is 9.84 Å². The predicted molar refractivity (Wildman–Crippen MR) is 118 cm³/mol. The quantitative estimate of drug-likeness (QED) is 0.690. The molecule has 158 valence electrons. The van der Waals surface area contributed by atoms with Crippen LogP contribution in [-0.2, 0) is 34.1 Å². The molecule has 3 heteroatoms. The molecule has 1 fully saturated rings. The Morgan fingerprint density at radius 3 is 2.40 bits per heavy atom. The third kappa shape index (κ3) is 2.97. The monoisotopic (exact) mass is 404 g/mol. The van der Waals surface area contributed by atoms with Crippen LogP contribution in [0.25, 0.3) is 0 Å². The van der Waals surface area contributed by atoms with Crippen LogP contribution < -0.4 is 4.74 Å². The molecule has 0 heterocycles. The molecule has 30 heavy (non-hydrogen) atoms. The third-order valence-corrected chi connectivity index (χ3v) is 8.15. The first-order valence-electron chi connectivity index (χ1n) is 11.3. The van der Waals surface area contributed by atoms with Crippen molar-refractivity contribution in [2.24, 2.45) is 5.92 Å². The molecule has 2 atom stereocenters. The van der Waals surface area contributed by atoms with Gasteiger partial charge in [-0.15, -0.1) is 0 Å². The van der Waals surface area contributed by atoms with Crippen molar-refractivity contribution in [3.05, 3.63) is 64.2 Å². The summed E-state index contributed by atoms with van der Waals surface area (Å²) >= 11 is 0. The van der Waals surface area contributed by atoms with Gasteiger partial charge in [0.25, 0.3) is 0 Å². The molecular weight excluding hydrogens is 372 g/mol. The molecule has 3 nitrogen and oxygen atoms in total. The molecule has 0 amide bonds. The van der Waals surface area contributed by atoms with Crippen LogP contribution in [0.4, 0.5) is 0 Å². The number of benzene rings is 2. The summed E-state index contributed by atoms with van der Waals surface area (Å²) in [6, 6.07) is 13.1. The second-order valence-electron chi connectivity index (χ2n) is 11.0. The van der Waals surface area contributed by atoms with E-state index in [9.17, 15) is 9.90 Å². The molecule has 2 unspecified atom stereocenters. The van der Waals surface area contributed by atoms with Crippen molar-refractivity contribution in [3.8, 4) is 5.75 Å². The van der Waals surface area contributed by atoms with Gasteiger partial charge in [-0.2, -0.15) is 0 Å². The molecule has 0 aliphatic heterocycles. The molecule has 0 aromatic heterocycles. The van der Waals surface area contributed by atoms with Crippen molar-refractivity contribution in [1.29, 1.82) is 0 Å². The maximum absolute atomic E-state index is 11.5. The van der Waals surface area contributed by atoms with E-state index < -0.39 is 5.97 Å². The van der Waals surface area contributed by atoms with Gasteiger partial charge in [0.1, 0.15) is 12.4 Å². The topological polar surface area (TPSA) is 46.5 Å². The van der Waals surface area contributed by atoms with E-state index in [2.05, 4.69) is 58.0 Å². The van der Waals surface area contributed by atoms with Crippen molar-refractivity contribution in [2.75, 3.05) is 0 Å². The van der Waals surface area contributed by atoms with Gasteiger partial charge in [-0.3, -0.25) is 4.79 Å². The number of hydrogen-bond acceptors (Lipinski definition) is 2. The van der Waals surface area contributed by atoms with Gasteiger partial charge in [0.15, 0.2) is 0 Å². The van der Waals surface area contributed by atoms with Gasteiger partial charge in [0, 0.05) is 5.41 Å². The summed E-state index contributed by atoms with van der Waals surface area (Å²) in [6.07, 6.45) is 5.13. The first-order chi connectivity index (χ1) is 14.1. The van der Waals surface area contributed by atoms with Gasteiger partial charge in [0.2, 0.25) is 0 Å². The summed E-state index contributed by atoms with van der Waals surface area (Å²) in [5.41, 5.74) is 6.91. The Kier molecular flexibility index (Phi) is 4.16. The van der Waals surface area contributed by atoms with Gasteiger partial charge in [-0.25, -0.2) is 0 Å². The lowest BCUT2D eigenvalue weighted by Gasteiger charge is -2.42. The number of carboxylic acids is 1. The minimum atomic E-state index is -0.659. The standard InChI is InChI=1S/C27H32O3/c1-25(2)11-12-26(3,4)22-13-17(5-8-20(22)25)16-30-19-7-6-18-9-10-27(21(18)14-19)15-23(27)24(28)29/h5-8,13-14,23H,9-12,15-16H2,1-4H3,(H,28,29). The Bertz CT molecular complexity index is 1030. The fourth-order valence-corrected chi connectivity index (χ4v) is 5.91. The van der Waals surface area contributed by atoms with E-state index in [1.165, 1.54) is 40.7 Å². The van der Waals surface area contributed by atoms with Crippen LogP contribution in [-0.4, -0.2) is 11.1 Å². The van der Waals surface area contributed by atoms with Crippen LogP contribution >= 0.6 is 0 Å². The van der Waals surface area contributed by atoms with E-state index in [1.807, 2.05) is 6.07 Å². The second kappa shape index (κ2) is 6.35. The highest BCUT2D eigenvalue weighted by Crippen LogP contribution is 2.62. The maximum Gasteiger partial charge on any atom is 0.307 e. The Balaban J connectivity index is 1.37. The molecule has 1 spiro atoms. The molecule has 1 saturated carbocycles. The number of aliphatic carboxylic acids is 1. The third-order valence-electron chi connectivity index (χ3n) is 8.15. The van der Waals surface area contributed by atoms with Gasteiger partial charge in [0.05, 0.1) is 5.92 Å². The predicted octanol–water partition coefficient (Wildman–Crippen LogP) is 5.90. The summed E-state index contributed by atoms with van der Waals surface area (Å²) in [5.74, 6) is -0.0302.